The second-order valence-electron chi connectivity index (χ2n) is 7.46. The molecule has 0 radical (unpaired) electrons. The molecular weight excluding hydrogens is 440 g/mol. The van der Waals surface area contributed by atoms with Crippen molar-refractivity contribution in [2.24, 2.45) is 10.8 Å². The summed E-state index contributed by atoms with van der Waals surface area (Å²) >= 11 is 0. The molecule has 0 atom stereocenters. The number of carbonyl (C=O) groups excluding carboxylic acids is 4. The molecule has 0 saturated carbocycles. The van der Waals surface area contributed by atoms with Crippen LogP contribution in [0.2, 0.25) is 0 Å². The van der Waals surface area contributed by atoms with Crippen LogP contribution in [-0.4, -0.2) is 52.3 Å². The highest BCUT2D eigenvalue weighted by Gasteiger charge is 2.72. The van der Waals surface area contributed by atoms with E-state index in [9.17, 15) is 19.2 Å². The van der Waals surface area contributed by atoms with Gasteiger partial charge in [0.05, 0.1) is 28.4 Å². The highest BCUT2D eigenvalue weighted by atomic mass is 16.6. The monoisotopic (exact) mass is 464 g/mol. The molecule has 1 aliphatic rings. The van der Waals surface area contributed by atoms with E-state index in [1.807, 2.05) is 42.5 Å². The summed E-state index contributed by atoms with van der Waals surface area (Å²) in [6.07, 6.45) is 3.77. The lowest BCUT2D eigenvalue weighted by atomic mass is 9.59. The van der Waals surface area contributed by atoms with E-state index in [-0.39, 0.29) is 0 Å². The fourth-order valence-electron chi connectivity index (χ4n) is 4.12. The first-order chi connectivity index (χ1) is 16.3. The molecule has 0 fully saturated rings. The number of ether oxygens (including phenoxy) is 4. The van der Waals surface area contributed by atoms with Crippen molar-refractivity contribution in [2.45, 2.75) is 0 Å². The number of benzene rings is 2. The van der Waals surface area contributed by atoms with Crippen molar-refractivity contribution in [3.8, 4) is 11.1 Å². The Kier molecular flexibility index (Phi) is 7.00. The molecule has 0 aliphatic heterocycles. The summed E-state index contributed by atoms with van der Waals surface area (Å²) in [5.74, 6) is -4.72. The third-order valence-electron chi connectivity index (χ3n) is 5.86. The Hall–Kier alpha value is -4.20. The van der Waals surface area contributed by atoms with Gasteiger partial charge in [0, 0.05) is 0 Å². The van der Waals surface area contributed by atoms with Crippen molar-refractivity contribution in [2.75, 3.05) is 28.4 Å². The Labute approximate surface area is 196 Å². The predicted octanol–water partition coefficient (Wildman–Crippen LogP) is 2.97. The fraction of sp³-hybridized carbons (Fsp3) is 0.231. The molecule has 1 aliphatic carbocycles. The van der Waals surface area contributed by atoms with Crippen LogP contribution in [0, 0.1) is 10.8 Å². The summed E-state index contributed by atoms with van der Waals surface area (Å²) in [5, 5.41) is 0. The van der Waals surface area contributed by atoms with Crippen LogP contribution in [0.25, 0.3) is 16.7 Å². The zero-order valence-electron chi connectivity index (χ0n) is 19.2. The van der Waals surface area contributed by atoms with Gasteiger partial charge in [-0.25, -0.2) is 0 Å². The molecule has 0 saturated heterocycles. The number of rotatable bonds is 6. The van der Waals surface area contributed by atoms with Crippen LogP contribution in [0.4, 0.5) is 0 Å². The van der Waals surface area contributed by atoms with Crippen LogP contribution in [0.5, 0.6) is 0 Å². The molecule has 2 aromatic rings. The molecule has 0 bridgehead atoms. The maximum absolute atomic E-state index is 13.1. The Morgan fingerprint density at radius 1 is 0.559 bits per heavy atom. The van der Waals surface area contributed by atoms with E-state index >= 15 is 0 Å². The minimum atomic E-state index is -2.53. The first-order valence-corrected chi connectivity index (χ1v) is 10.2. The van der Waals surface area contributed by atoms with Crippen molar-refractivity contribution < 1.29 is 38.1 Å². The van der Waals surface area contributed by atoms with Crippen molar-refractivity contribution >= 4 is 29.5 Å². The molecule has 0 unspecified atom stereocenters. The zero-order valence-corrected chi connectivity index (χ0v) is 19.2. The number of hydrogen-bond donors (Lipinski definition) is 0. The minimum Gasteiger partial charge on any atom is -0.468 e. The van der Waals surface area contributed by atoms with Crippen molar-refractivity contribution in [3.63, 3.8) is 0 Å². The molecule has 2 aromatic carbocycles. The van der Waals surface area contributed by atoms with Crippen LogP contribution < -0.4 is 0 Å². The van der Waals surface area contributed by atoms with E-state index in [0.717, 1.165) is 45.6 Å². The lowest BCUT2D eigenvalue weighted by Crippen LogP contribution is -2.61. The van der Waals surface area contributed by atoms with Crippen molar-refractivity contribution in [1.29, 1.82) is 0 Å². The van der Waals surface area contributed by atoms with E-state index in [1.165, 1.54) is 12.2 Å². The number of esters is 4. The van der Waals surface area contributed by atoms with Gasteiger partial charge in [0.25, 0.3) is 0 Å². The van der Waals surface area contributed by atoms with Gasteiger partial charge in [0.1, 0.15) is 0 Å². The zero-order chi connectivity index (χ0) is 24.9. The third-order valence-corrected chi connectivity index (χ3v) is 5.86. The van der Waals surface area contributed by atoms with Crippen LogP contribution in [0.1, 0.15) is 5.56 Å². The maximum atomic E-state index is 13.1. The molecule has 34 heavy (non-hydrogen) atoms. The van der Waals surface area contributed by atoms with Crippen LogP contribution in [-0.2, 0) is 38.1 Å². The maximum Gasteiger partial charge on any atom is 0.329 e. The summed E-state index contributed by atoms with van der Waals surface area (Å²) in [6, 6.07) is 17.0. The van der Waals surface area contributed by atoms with E-state index in [0.29, 0.717) is 11.1 Å². The van der Waals surface area contributed by atoms with E-state index in [4.69, 9.17) is 18.9 Å². The highest BCUT2D eigenvalue weighted by Crippen LogP contribution is 2.51. The van der Waals surface area contributed by atoms with E-state index in [1.54, 1.807) is 12.1 Å². The fourth-order valence-corrected chi connectivity index (χ4v) is 4.12. The molecular formula is C26H24O8. The smallest absolute Gasteiger partial charge is 0.329 e. The van der Waals surface area contributed by atoms with Crippen LogP contribution in [0.3, 0.4) is 0 Å². The Balaban J connectivity index is 2.24. The molecule has 0 spiro atoms. The van der Waals surface area contributed by atoms with Crippen molar-refractivity contribution in [3.05, 3.63) is 78.4 Å². The summed E-state index contributed by atoms with van der Waals surface area (Å²) < 4.78 is 19.4. The molecule has 8 nitrogen and oxygen atoms in total. The van der Waals surface area contributed by atoms with Crippen LogP contribution in [0.15, 0.2) is 72.8 Å². The molecule has 0 aromatic heterocycles. The number of allylic oxidation sites excluding steroid dienone is 2. The summed E-state index contributed by atoms with van der Waals surface area (Å²) in [6.45, 7) is 0. The first kappa shape index (κ1) is 24.4. The van der Waals surface area contributed by atoms with E-state index in [2.05, 4.69) is 0 Å². The van der Waals surface area contributed by atoms with Gasteiger partial charge in [-0.1, -0.05) is 66.7 Å². The number of methoxy groups -OCH3 is 4. The molecule has 0 heterocycles. The lowest BCUT2D eigenvalue weighted by molar-refractivity contribution is -0.190. The summed E-state index contributed by atoms with van der Waals surface area (Å²) in [4.78, 5) is 52.2. The average Bonchev–Trinajstić information content (AvgIpc) is 2.91. The Morgan fingerprint density at radius 2 is 0.971 bits per heavy atom. The molecule has 0 N–H and O–H groups in total. The standard InChI is InChI=1S/C26H24O8/c1-31-21(27)25(22(28)32-2)15-14-20(16-26(25,23(29)33-3)24(30)34-4)19-12-10-18(11-13-19)17-8-6-5-7-9-17/h5-16H,1-4H3. The topological polar surface area (TPSA) is 105 Å². The first-order valence-electron chi connectivity index (χ1n) is 10.2. The van der Waals surface area contributed by atoms with Gasteiger partial charge in [-0.2, -0.15) is 0 Å². The van der Waals surface area contributed by atoms with Gasteiger partial charge in [0.15, 0.2) is 0 Å². The second kappa shape index (κ2) is 9.74. The average molecular weight is 464 g/mol. The van der Waals surface area contributed by atoms with E-state index < -0.39 is 34.7 Å². The Morgan fingerprint density at radius 3 is 1.44 bits per heavy atom. The van der Waals surface area contributed by atoms with Crippen LogP contribution >= 0.6 is 0 Å². The lowest BCUT2D eigenvalue weighted by Gasteiger charge is -2.40. The largest absolute Gasteiger partial charge is 0.468 e. The summed E-state index contributed by atoms with van der Waals surface area (Å²) in [7, 11) is 4.13. The van der Waals surface area contributed by atoms with Crippen molar-refractivity contribution in [1.82, 2.24) is 0 Å². The van der Waals surface area contributed by atoms with Gasteiger partial charge in [-0.05, 0) is 28.3 Å². The highest BCUT2D eigenvalue weighted by molar-refractivity contribution is 6.19. The summed E-state index contributed by atoms with van der Waals surface area (Å²) in [5.41, 5.74) is -2.05. The van der Waals surface area contributed by atoms with Gasteiger partial charge >= 0.3 is 23.9 Å². The molecule has 176 valence electrons. The predicted molar refractivity (Wildman–Crippen MR) is 122 cm³/mol. The number of hydrogen-bond acceptors (Lipinski definition) is 8. The number of carbonyl (C=O) groups is 4. The second-order valence-corrected chi connectivity index (χ2v) is 7.46. The van der Waals surface area contributed by atoms with Gasteiger partial charge in [-0.3, -0.25) is 19.2 Å². The molecule has 0 amide bonds. The van der Waals surface area contributed by atoms with Gasteiger partial charge in [-0.15, -0.1) is 0 Å². The third kappa shape index (κ3) is 3.67. The quantitative estimate of drug-likeness (QED) is 0.365. The molecule has 3 rings (SSSR count). The minimum absolute atomic E-state index is 0.388. The normalized spacial score (nSPS) is 15.5. The van der Waals surface area contributed by atoms with Gasteiger partial charge < -0.3 is 18.9 Å². The Bertz CT molecular complexity index is 1130. The SMILES string of the molecule is COC(=O)C1(C(=O)OC)C=CC(c2ccc(-c3ccccc3)cc2)=CC1(C(=O)OC)C(=O)OC. The van der Waals surface area contributed by atoms with Gasteiger partial charge in [0.2, 0.25) is 10.8 Å². The molecule has 8 heteroatoms.